The van der Waals surface area contributed by atoms with Crippen LogP contribution in [0, 0.1) is 5.92 Å². The third kappa shape index (κ3) is 3.73. The smallest absolute Gasteiger partial charge is 0.183 e. The van der Waals surface area contributed by atoms with Crippen LogP contribution in [0.5, 0.6) is 0 Å². The lowest BCUT2D eigenvalue weighted by molar-refractivity contribution is 0.104. The highest BCUT2D eigenvalue weighted by Gasteiger charge is 2.27. The Hall–Kier alpha value is -2.12. The van der Waals surface area contributed by atoms with E-state index >= 15 is 0 Å². The fourth-order valence-corrected chi connectivity index (χ4v) is 5.83. The van der Waals surface area contributed by atoms with Gasteiger partial charge in [0.15, 0.2) is 5.82 Å². The number of fused-ring (bicyclic) bond motifs is 3. The van der Waals surface area contributed by atoms with Crippen LogP contribution >= 0.6 is 11.3 Å². The summed E-state index contributed by atoms with van der Waals surface area (Å²) in [5, 5.41) is 1.29. The lowest BCUT2D eigenvalue weighted by atomic mass is 9.95. The molecular formula is C22H27N5OS. The Morgan fingerprint density at radius 3 is 2.97 bits per heavy atom. The number of aromatic nitrogens is 4. The molecule has 0 radical (unpaired) electrons. The first kappa shape index (κ1) is 18.9. The minimum absolute atomic E-state index is 0.558. The lowest BCUT2D eigenvalue weighted by Gasteiger charge is -2.34. The molecule has 1 aliphatic carbocycles. The van der Waals surface area contributed by atoms with Gasteiger partial charge in [0.2, 0.25) is 0 Å². The molecule has 0 bridgehead atoms. The molecule has 1 fully saturated rings. The molecule has 152 valence electrons. The van der Waals surface area contributed by atoms with Crippen LogP contribution < -0.4 is 4.90 Å². The van der Waals surface area contributed by atoms with E-state index in [9.17, 15) is 0 Å². The van der Waals surface area contributed by atoms with Gasteiger partial charge in [-0.3, -0.25) is 4.98 Å². The predicted octanol–water partition coefficient (Wildman–Crippen LogP) is 4.28. The molecule has 7 heteroatoms. The average molecular weight is 410 g/mol. The number of nitrogens with zero attached hydrogens (tertiary/aromatic N) is 5. The van der Waals surface area contributed by atoms with Gasteiger partial charge in [0.05, 0.1) is 18.2 Å². The van der Waals surface area contributed by atoms with Crippen molar-refractivity contribution >= 4 is 27.4 Å². The summed E-state index contributed by atoms with van der Waals surface area (Å²) in [6, 6.07) is 0. The first-order valence-corrected chi connectivity index (χ1v) is 11.6. The molecule has 1 aliphatic heterocycles. The van der Waals surface area contributed by atoms with E-state index in [0.29, 0.717) is 11.7 Å². The van der Waals surface area contributed by atoms with Crippen LogP contribution in [-0.4, -0.2) is 46.2 Å². The molecule has 4 heterocycles. The van der Waals surface area contributed by atoms with Crippen LogP contribution in [0.3, 0.4) is 0 Å². The van der Waals surface area contributed by atoms with Gasteiger partial charge in [0.25, 0.3) is 0 Å². The Kier molecular flexibility index (Phi) is 5.42. The summed E-state index contributed by atoms with van der Waals surface area (Å²) in [6.07, 6.45) is 12.4. The molecule has 0 saturated carbocycles. The van der Waals surface area contributed by atoms with Gasteiger partial charge in [0, 0.05) is 37.0 Å². The zero-order chi connectivity index (χ0) is 19.6. The molecule has 0 amide bonds. The second-order valence-electron chi connectivity index (χ2n) is 7.97. The molecule has 1 atom stereocenters. The van der Waals surface area contributed by atoms with E-state index in [2.05, 4.69) is 21.8 Å². The average Bonchev–Trinajstić information content (AvgIpc) is 3.16. The fraction of sp³-hybridized carbons (Fsp3) is 0.545. The minimum atomic E-state index is 0.558. The maximum atomic E-state index is 5.74. The van der Waals surface area contributed by atoms with E-state index in [-0.39, 0.29) is 0 Å². The van der Waals surface area contributed by atoms with E-state index in [4.69, 9.17) is 14.7 Å². The van der Waals surface area contributed by atoms with E-state index in [1.807, 2.05) is 11.3 Å². The number of ether oxygens (including phenoxy) is 1. The van der Waals surface area contributed by atoms with Gasteiger partial charge in [-0.2, -0.15) is 0 Å². The Morgan fingerprint density at radius 2 is 2.10 bits per heavy atom. The first-order chi connectivity index (χ1) is 14.3. The van der Waals surface area contributed by atoms with Crippen LogP contribution in [-0.2, 0) is 17.6 Å². The van der Waals surface area contributed by atoms with E-state index < -0.39 is 0 Å². The highest BCUT2D eigenvalue weighted by Crippen LogP contribution is 2.41. The molecule has 0 N–H and O–H groups in total. The molecule has 29 heavy (non-hydrogen) atoms. The highest BCUT2D eigenvalue weighted by atomic mass is 32.1. The minimum Gasteiger partial charge on any atom is -0.381 e. The summed E-state index contributed by atoms with van der Waals surface area (Å²) in [4.78, 5) is 23.8. The van der Waals surface area contributed by atoms with Crippen molar-refractivity contribution in [2.24, 2.45) is 5.92 Å². The van der Waals surface area contributed by atoms with Gasteiger partial charge >= 0.3 is 0 Å². The Labute approximate surface area is 175 Å². The summed E-state index contributed by atoms with van der Waals surface area (Å²) in [5.41, 5.74) is 2.23. The van der Waals surface area contributed by atoms with Gasteiger partial charge < -0.3 is 9.64 Å². The van der Waals surface area contributed by atoms with Crippen LogP contribution in [0.1, 0.15) is 43.0 Å². The third-order valence-electron chi connectivity index (χ3n) is 5.96. The number of aryl methyl sites for hydroxylation is 2. The van der Waals surface area contributed by atoms with Crippen LogP contribution in [0.2, 0.25) is 0 Å². The summed E-state index contributed by atoms with van der Waals surface area (Å²) < 4.78 is 5.74. The number of rotatable bonds is 5. The molecule has 0 aromatic carbocycles. The van der Waals surface area contributed by atoms with Gasteiger partial charge in [-0.15, -0.1) is 11.3 Å². The number of thiophene rings is 1. The Morgan fingerprint density at radius 1 is 1.17 bits per heavy atom. The second-order valence-corrected chi connectivity index (χ2v) is 9.05. The van der Waals surface area contributed by atoms with Gasteiger partial charge in [-0.1, -0.05) is 0 Å². The summed E-state index contributed by atoms with van der Waals surface area (Å²) in [7, 11) is 0. The van der Waals surface area contributed by atoms with Crippen LogP contribution in [0.15, 0.2) is 18.6 Å². The number of hydrogen-bond donors (Lipinski definition) is 0. The zero-order valence-electron chi connectivity index (χ0n) is 16.9. The fourth-order valence-electron chi connectivity index (χ4n) is 4.57. The topological polar surface area (TPSA) is 64.0 Å². The molecule has 1 unspecified atom stereocenters. The second kappa shape index (κ2) is 8.32. The number of anilines is 1. The maximum absolute atomic E-state index is 5.74. The van der Waals surface area contributed by atoms with Crippen molar-refractivity contribution in [1.82, 2.24) is 19.9 Å². The van der Waals surface area contributed by atoms with Crippen molar-refractivity contribution in [2.45, 2.75) is 45.4 Å². The molecule has 5 rings (SSSR count). The number of piperidine rings is 1. The number of hydrogen-bond acceptors (Lipinski definition) is 7. The Bertz CT molecular complexity index is 990. The summed E-state index contributed by atoms with van der Waals surface area (Å²) >= 11 is 1.85. The molecule has 1 saturated heterocycles. The molecule has 2 aliphatic rings. The van der Waals surface area contributed by atoms with Crippen molar-refractivity contribution < 1.29 is 4.74 Å². The predicted molar refractivity (Wildman–Crippen MR) is 117 cm³/mol. The molecular weight excluding hydrogens is 382 g/mol. The van der Waals surface area contributed by atoms with Crippen molar-refractivity contribution in [3.63, 3.8) is 0 Å². The van der Waals surface area contributed by atoms with Gasteiger partial charge in [0.1, 0.15) is 16.3 Å². The standard InChI is InChI=1S/C22H27N5OS/c1-2-28-14-15-6-5-11-27(13-15)21-19-16-7-3-4-8-18(16)29-22(19)26-20(25-21)17-12-23-9-10-24-17/h9-10,12,15H,2-8,11,13-14H2,1H3. The van der Waals surface area contributed by atoms with Crippen molar-refractivity contribution in [3.8, 4) is 11.5 Å². The molecule has 0 spiro atoms. The van der Waals surface area contributed by atoms with Gasteiger partial charge in [-0.25, -0.2) is 15.0 Å². The first-order valence-electron chi connectivity index (χ1n) is 10.7. The molecule has 3 aromatic rings. The van der Waals surface area contributed by atoms with Gasteiger partial charge in [-0.05, 0) is 56.9 Å². The van der Waals surface area contributed by atoms with E-state index in [0.717, 1.165) is 49.1 Å². The highest BCUT2D eigenvalue weighted by molar-refractivity contribution is 7.19. The van der Waals surface area contributed by atoms with Crippen molar-refractivity contribution in [1.29, 1.82) is 0 Å². The van der Waals surface area contributed by atoms with Crippen LogP contribution in [0.4, 0.5) is 5.82 Å². The molecule has 6 nitrogen and oxygen atoms in total. The summed E-state index contributed by atoms with van der Waals surface area (Å²) in [6.45, 7) is 5.72. The monoisotopic (exact) mass is 409 g/mol. The third-order valence-corrected chi connectivity index (χ3v) is 7.15. The Balaban J connectivity index is 1.60. The quantitative estimate of drug-likeness (QED) is 0.627. The van der Waals surface area contributed by atoms with Crippen molar-refractivity contribution in [2.75, 3.05) is 31.2 Å². The van der Waals surface area contributed by atoms with Crippen LogP contribution in [0.25, 0.3) is 21.7 Å². The van der Waals surface area contributed by atoms with Crippen molar-refractivity contribution in [3.05, 3.63) is 29.0 Å². The summed E-state index contributed by atoms with van der Waals surface area (Å²) in [5.74, 6) is 2.34. The maximum Gasteiger partial charge on any atom is 0.183 e. The molecule has 3 aromatic heterocycles. The zero-order valence-corrected chi connectivity index (χ0v) is 17.7. The normalized spacial score (nSPS) is 19.5. The van der Waals surface area contributed by atoms with E-state index in [1.165, 1.54) is 47.9 Å². The van der Waals surface area contributed by atoms with E-state index in [1.54, 1.807) is 18.6 Å². The lowest BCUT2D eigenvalue weighted by Crippen LogP contribution is -2.38. The SMILES string of the molecule is CCOCC1CCCN(c2nc(-c3cnccn3)nc3sc4c(c23)CCCC4)C1. The largest absolute Gasteiger partial charge is 0.381 e.